The molecular weight excluding hydrogens is 246 g/mol. The largest absolute Gasteiger partial charge is 0.502 e. The second kappa shape index (κ2) is 5.30. The van der Waals surface area contributed by atoms with Crippen LogP contribution in [0, 0.1) is 4.91 Å². The topological polar surface area (TPSA) is 77.6 Å². The lowest BCUT2D eigenvalue weighted by Crippen LogP contribution is -2.55. The van der Waals surface area contributed by atoms with Gasteiger partial charge in [-0.05, 0) is 17.7 Å². The predicted octanol–water partition coefficient (Wildman–Crippen LogP) is 1.36. The van der Waals surface area contributed by atoms with Crippen molar-refractivity contribution in [1.82, 2.24) is 0 Å². The first-order chi connectivity index (χ1) is 9.21. The van der Waals surface area contributed by atoms with Crippen LogP contribution in [0.3, 0.4) is 0 Å². The van der Waals surface area contributed by atoms with Gasteiger partial charge in [-0.3, -0.25) is 4.79 Å². The summed E-state index contributed by atoms with van der Waals surface area (Å²) in [6.07, 6.45) is 0.495. The van der Waals surface area contributed by atoms with Crippen LogP contribution in [0.5, 0.6) is 11.5 Å². The van der Waals surface area contributed by atoms with Gasteiger partial charge in [0.15, 0.2) is 6.29 Å². The normalized spacial score (nSPS) is 9.95. The molecule has 0 atom stereocenters. The van der Waals surface area contributed by atoms with Gasteiger partial charge in [0.25, 0.3) is 5.69 Å². The molecule has 0 saturated carbocycles. The molecule has 5 heteroatoms. The predicted molar refractivity (Wildman–Crippen MR) is 69.5 cm³/mol. The molecule has 0 aliphatic carbocycles. The lowest BCUT2D eigenvalue weighted by atomic mass is 10.0. The van der Waals surface area contributed by atoms with E-state index in [-0.39, 0.29) is 17.0 Å². The van der Waals surface area contributed by atoms with Crippen molar-refractivity contribution in [1.29, 1.82) is 0 Å². The van der Waals surface area contributed by atoms with E-state index in [0.29, 0.717) is 17.6 Å². The third-order valence-electron chi connectivity index (χ3n) is 2.79. The van der Waals surface area contributed by atoms with E-state index in [4.69, 9.17) is 4.74 Å². The van der Waals surface area contributed by atoms with E-state index in [2.05, 4.69) is 0 Å². The van der Waals surface area contributed by atoms with Crippen molar-refractivity contribution in [3.8, 4) is 22.6 Å². The van der Waals surface area contributed by atoms with Gasteiger partial charge in [0.2, 0.25) is 5.75 Å². The number of aromatic hydroxyl groups is 1. The Morgan fingerprint density at radius 1 is 1.26 bits per heavy atom. The molecule has 0 radical (unpaired) electrons. The number of phenolic OH excluding ortho intramolecular Hbond substituents is 1. The Kier molecular flexibility index (Phi) is 3.56. The van der Waals surface area contributed by atoms with E-state index >= 15 is 0 Å². The highest BCUT2D eigenvalue weighted by Gasteiger charge is 2.17. The van der Waals surface area contributed by atoms with Crippen molar-refractivity contribution >= 4 is 12.0 Å². The lowest BCUT2D eigenvalue weighted by Gasteiger charge is -2.08. The SMILES string of the molecule is COc1ccccc1-c1cc(C=O)c(O)c([NH+]=O)c1. The molecule has 2 N–H and O–H groups in total. The van der Waals surface area contributed by atoms with E-state index < -0.39 is 0 Å². The number of benzene rings is 2. The second-order valence-electron chi connectivity index (χ2n) is 3.88. The van der Waals surface area contributed by atoms with E-state index in [0.717, 1.165) is 5.56 Å². The Morgan fingerprint density at radius 2 is 2.00 bits per heavy atom. The first-order valence-electron chi connectivity index (χ1n) is 5.55. The molecule has 0 spiro atoms. The third-order valence-corrected chi connectivity index (χ3v) is 2.79. The maximum atomic E-state index is 10.9. The van der Waals surface area contributed by atoms with Gasteiger partial charge in [0, 0.05) is 21.7 Å². The van der Waals surface area contributed by atoms with Crippen LogP contribution < -0.4 is 9.91 Å². The number of hydrogen-bond acceptors (Lipinski definition) is 4. The number of para-hydroxylation sites is 1. The van der Waals surface area contributed by atoms with E-state index in [9.17, 15) is 14.8 Å². The maximum Gasteiger partial charge on any atom is 0.296 e. The van der Waals surface area contributed by atoms with Gasteiger partial charge in [-0.2, -0.15) is 0 Å². The molecule has 19 heavy (non-hydrogen) atoms. The van der Waals surface area contributed by atoms with Gasteiger partial charge in [0.1, 0.15) is 5.75 Å². The summed E-state index contributed by atoms with van der Waals surface area (Å²) < 4.78 is 5.23. The zero-order chi connectivity index (χ0) is 13.8. The van der Waals surface area contributed by atoms with Crippen molar-refractivity contribution in [3.05, 3.63) is 46.9 Å². The van der Waals surface area contributed by atoms with Crippen LogP contribution in [0.25, 0.3) is 11.1 Å². The van der Waals surface area contributed by atoms with E-state index in [1.54, 1.807) is 17.3 Å². The average Bonchev–Trinajstić information content (AvgIpc) is 2.47. The molecule has 0 heterocycles. The molecule has 2 aromatic rings. The Labute approximate surface area is 109 Å². The van der Waals surface area contributed by atoms with Crippen LogP contribution in [-0.4, -0.2) is 18.5 Å². The smallest absolute Gasteiger partial charge is 0.296 e. The van der Waals surface area contributed by atoms with Crippen LogP contribution in [0.1, 0.15) is 10.4 Å². The summed E-state index contributed by atoms with van der Waals surface area (Å²) in [5.74, 6) is 0.255. The Hall–Kier alpha value is -2.69. The number of carbonyl (C=O) groups is 1. The van der Waals surface area contributed by atoms with Crippen LogP contribution in [0.2, 0.25) is 0 Å². The number of carbonyl (C=O) groups excluding carboxylic acids is 1. The molecule has 5 nitrogen and oxygen atoms in total. The molecule has 2 rings (SSSR count). The van der Waals surface area contributed by atoms with Crippen LogP contribution in [-0.2, 0) is 0 Å². The van der Waals surface area contributed by atoms with Crippen molar-refractivity contribution in [2.45, 2.75) is 0 Å². The first kappa shape index (κ1) is 12.8. The summed E-state index contributed by atoms with van der Waals surface area (Å²) in [5, 5.41) is 11.3. The zero-order valence-electron chi connectivity index (χ0n) is 10.2. The molecule has 0 bridgehead atoms. The molecule has 96 valence electrons. The van der Waals surface area contributed by atoms with Gasteiger partial charge in [-0.1, -0.05) is 18.2 Å². The molecular formula is C14H12NO4+. The van der Waals surface area contributed by atoms with Gasteiger partial charge in [-0.15, -0.1) is 0 Å². The summed E-state index contributed by atoms with van der Waals surface area (Å²) >= 11 is 0. The quantitative estimate of drug-likeness (QED) is 0.641. The fourth-order valence-corrected chi connectivity index (χ4v) is 1.86. The van der Waals surface area contributed by atoms with E-state index in [1.807, 2.05) is 12.1 Å². The fraction of sp³-hybridized carbons (Fsp3) is 0.0714. The molecule has 0 saturated heterocycles. The highest BCUT2D eigenvalue weighted by atomic mass is 16.5. The fourth-order valence-electron chi connectivity index (χ4n) is 1.86. The number of rotatable bonds is 4. The highest BCUT2D eigenvalue weighted by molar-refractivity contribution is 5.87. The van der Waals surface area contributed by atoms with Crippen LogP contribution >= 0.6 is 0 Å². The van der Waals surface area contributed by atoms with Crippen molar-refractivity contribution < 1.29 is 19.8 Å². The van der Waals surface area contributed by atoms with Gasteiger partial charge < -0.3 is 9.84 Å². The Bertz CT molecular complexity index is 608. The number of aldehydes is 1. The Balaban J connectivity index is 2.68. The number of nitroso groups, excluding NO2 is 1. The summed E-state index contributed by atoms with van der Waals surface area (Å²) in [7, 11) is 1.53. The van der Waals surface area contributed by atoms with Crippen molar-refractivity contribution in [3.63, 3.8) is 0 Å². The molecule has 0 amide bonds. The molecule has 2 aromatic carbocycles. The average molecular weight is 258 g/mol. The monoisotopic (exact) mass is 258 g/mol. The molecule has 0 unspecified atom stereocenters. The number of ether oxygens (including phenoxy) is 1. The standard InChI is InChI=1S/C14H11NO4/c1-19-13-5-3-2-4-11(13)9-6-10(8-16)14(17)12(7-9)15-18/h2-8,17H,1H3/p+1. The van der Waals surface area contributed by atoms with Gasteiger partial charge >= 0.3 is 0 Å². The lowest BCUT2D eigenvalue weighted by molar-refractivity contribution is -0.380. The number of nitrogens with one attached hydrogen (secondary N) is 1. The summed E-state index contributed by atoms with van der Waals surface area (Å²) in [4.78, 5) is 21.7. The molecule has 0 aromatic heterocycles. The zero-order valence-corrected chi connectivity index (χ0v) is 10.2. The number of hydrogen-bond donors (Lipinski definition) is 2. The minimum absolute atomic E-state index is 0.0433. The van der Waals surface area contributed by atoms with Gasteiger partial charge in [-0.25, -0.2) is 0 Å². The molecule has 0 fully saturated rings. The Morgan fingerprint density at radius 3 is 2.63 bits per heavy atom. The van der Waals surface area contributed by atoms with Crippen LogP contribution in [0.15, 0.2) is 36.4 Å². The second-order valence-corrected chi connectivity index (χ2v) is 3.88. The summed E-state index contributed by atoms with van der Waals surface area (Å²) in [5.41, 5.74) is 1.33. The van der Waals surface area contributed by atoms with Gasteiger partial charge in [0.05, 0.1) is 12.7 Å². The van der Waals surface area contributed by atoms with Crippen molar-refractivity contribution in [2.24, 2.45) is 0 Å². The van der Waals surface area contributed by atoms with Crippen LogP contribution in [0.4, 0.5) is 5.69 Å². The van der Waals surface area contributed by atoms with E-state index in [1.165, 1.54) is 19.2 Å². The summed E-state index contributed by atoms with van der Waals surface area (Å²) in [6, 6.07) is 10.2. The number of methoxy groups -OCH3 is 1. The first-order valence-corrected chi connectivity index (χ1v) is 5.55. The molecule has 0 aliphatic rings. The van der Waals surface area contributed by atoms with Crippen molar-refractivity contribution in [2.75, 3.05) is 7.11 Å². The number of phenols is 1. The minimum atomic E-state index is -0.358. The maximum absolute atomic E-state index is 10.9. The highest BCUT2D eigenvalue weighted by Crippen LogP contribution is 2.34. The third kappa shape index (κ3) is 2.30. The summed E-state index contributed by atoms with van der Waals surface area (Å²) in [6.45, 7) is 0. The minimum Gasteiger partial charge on any atom is -0.502 e. The molecule has 0 aliphatic heterocycles.